The van der Waals surface area contributed by atoms with Gasteiger partial charge in [-0.15, -0.1) is 0 Å². The summed E-state index contributed by atoms with van der Waals surface area (Å²) in [6.45, 7) is 1.52. The number of carbonyl (C=O) groups is 2. The Labute approximate surface area is 75.6 Å². The smallest absolute Gasteiger partial charge is 0.306 e. The molecule has 0 spiro atoms. The third kappa shape index (κ3) is 2.43. The van der Waals surface area contributed by atoms with E-state index in [4.69, 9.17) is 5.11 Å². The molecule has 0 saturated carbocycles. The molecule has 0 aliphatic carbocycles. The molecule has 13 heavy (non-hydrogen) atoms. The Balaban J connectivity index is 2.56. The first-order valence-electron chi connectivity index (χ1n) is 4.00. The minimum atomic E-state index is -0.941. The lowest BCUT2D eigenvalue weighted by molar-refractivity contribution is -0.141. The quantitative estimate of drug-likeness (QED) is 0.688. The highest BCUT2D eigenvalue weighted by molar-refractivity contribution is 5.97. The topological polar surface area (TPSA) is 70.2 Å². The average Bonchev–Trinajstić information content (AvgIpc) is 2.55. The van der Waals surface area contributed by atoms with Gasteiger partial charge in [0.2, 0.25) is 0 Å². The van der Waals surface area contributed by atoms with Gasteiger partial charge in [-0.05, 0) is 6.07 Å². The van der Waals surface area contributed by atoms with Crippen molar-refractivity contribution in [2.45, 2.75) is 13.3 Å². The second-order valence-corrected chi connectivity index (χ2v) is 2.97. The second kappa shape index (κ2) is 3.89. The molecule has 0 radical (unpaired) electrons. The number of hydrogen-bond donors (Lipinski definition) is 2. The summed E-state index contributed by atoms with van der Waals surface area (Å²) in [5.74, 6) is -1.71. The molecule has 4 heteroatoms. The van der Waals surface area contributed by atoms with E-state index in [-0.39, 0.29) is 12.2 Å². The van der Waals surface area contributed by atoms with Crippen LogP contribution in [0.3, 0.4) is 0 Å². The number of Topliss-reactive ketones (excluding diaryl/α,β-unsaturated/α-hetero) is 1. The van der Waals surface area contributed by atoms with E-state index in [1.807, 2.05) is 0 Å². The maximum atomic E-state index is 11.3. The monoisotopic (exact) mass is 181 g/mol. The predicted molar refractivity (Wildman–Crippen MR) is 46.5 cm³/mol. The molecule has 0 aliphatic rings. The molecule has 0 bridgehead atoms. The fourth-order valence-electron chi connectivity index (χ4n) is 0.981. The summed E-state index contributed by atoms with van der Waals surface area (Å²) >= 11 is 0. The van der Waals surface area contributed by atoms with Crippen molar-refractivity contribution in [2.75, 3.05) is 0 Å². The highest BCUT2D eigenvalue weighted by atomic mass is 16.4. The molecule has 0 aliphatic heterocycles. The Bertz CT molecular complexity index is 303. The van der Waals surface area contributed by atoms with E-state index in [0.29, 0.717) is 5.56 Å². The van der Waals surface area contributed by atoms with Crippen LogP contribution in [0, 0.1) is 5.92 Å². The van der Waals surface area contributed by atoms with Gasteiger partial charge in [-0.2, -0.15) is 0 Å². The fraction of sp³-hybridized carbons (Fsp3) is 0.333. The maximum Gasteiger partial charge on any atom is 0.306 e. The Morgan fingerprint density at radius 1 is 1.62 bits per heavy atom. The number of hydrogen-bond acceptors (Lipinski definition) is 2. The van der Waals surface area contributed by atoms with E-state index in [1.165, 1.54) is 6.92 Å². The van der Waals surface area contributed by atoms with Crippen LogP contribution >= 0.6 is 0 Å². The number of carbonyl (C=O) groups excluding carboxylic acids is 1. The zero-order valence-electron chi connectivity index (χ0n) is 7.28. The zero-order chi connectivity index (χ0) is 9.84. The summed E-state index contributed by atoms with van der Waals surface area (Å²) in [7, 11) is 0. The molecule has 1 unspecified atom stereocenters. The number of nitrogens with one attached hydrogen (secondary N) is 1. The SMILES string of the molecule is CC(CC(=O)c1cc[nH]c1)C(=O)O. The average molecular weight is 181 g/mol. The molecular weight excluding hydrogens is 170 g/mol. The third-order valence-corrected chi connectivity index (χ3v) is 1.83. The molecule has 0 amide bonds. The Kier molecular flexibility index (Phi) is 2.84. The van der Waals surface area contributed by atoms with Gasteiger partial charge in [0.15, 0.2) is 5.78 Å². The van der Waals surface area contributed by atoms with Crippen molar-refractivity contribution in [1.82, 2.24) is 4.98 Å². The lowest BCUT2D eigenvalue weighted by Crippen LogP contribution is -2.14. The summed E-state index contributed by atoms with van der Waals surface area (Å²) in [5, 5.41) is 8.57. The molecule has 4 nitrogen and oxygen atoms in total. The van der Waals surface area contributed by atoms with Crippen molar-refractivity contribution < 1.29 is 14.7 Å². The third-order valence-electron chi connectivity index (χ3n) is 1.83. The van der Waals surface area contributed by atoms with Gasteiger partial charge < -0.3 is 10.1 Å². The molecule has 1 aromatic heterocycles. The highest BCUT2D eigenvalue weighted by Gasteiger charge is 2.16. The minimum Gasteiger partial charge on any atom is -0.481 e. The molecule has 1 rings (SSSR count). The van der Waals surface area contributed by atoms with Gasteiger partial charge in [0, 0.05) is 24.4 Å². The number of aromatic amines is 1. The van der Waals surface area contributed by atoms with Gasteiger partial charge in [-0.3, -0.25) is 9.59 Å². The number of aliphatic carboxylic acids is 1. The first-order valence-corrected chi connectivity index (χ1v) is 4.00. The van der Waals surface area contributed by atoms with Crippen LogP contribution < -0.4 is 0 Å². The molecule has 70 valence electrons. The van der Waals surface area contributed by atoms with Crippen LogP contribution in [0.1, 0.15) is 23.7 Å². The van der Waals surface area contributed by atoms with E-state index >= 15 is 0 Å². The number of carboxylic acids is 1. The van der Waals surface area contributed by atoms with E-state index in [1.54, 1.807) is 18.5 Å². The van der Waals surface area contributed by atoms with Crippen LogP contribution in [0.25, 0.3) is 0 Å². The number of rotatable bonds is 4. The van der Waals surface area contributed by atoms with Crippen LogP contribution in [-0.4, -0.2) is 21.8 Å². The minimum absolute atomic E-state index is 0.0488. The summed E-state index contributed by atoms with van der Waals surface area (Å²) in [5.41, 5.74) is 0.535. The van der Waals surface area contributed by atoms with E-state index < -0.39 is 11.9 Å². The lowest BCUT2D eigenvalue weighted by atomic mass is 10.0. The zero-order valence-corrected chi connectivity index (χ0v) is 7.28. The summed E-state index contributed by atoms with van der Waals surface area (Å²) in [4.78, 5) is 24.5. The molecule has 0 fully saturated rings. The van der Waals surface area contributed by atoms with Crippen molar-refractivity contribution in [3.63, 3.8) is 0 Å². The predicted octanol–water partition coefficient (Wildman–Crippen LogP) is 1.31. The highest BCUT2D eigenvalue weighted by Crippen LogP contribution is 2.08. The fourth-order valence-corrected chi connectivity index (χ4v) is 0.981. The molecule has 0 aromatic carbocycles. The molecular formula is C9H11NO3. The second-order valence-electron chi connectivity index (χ2n) is 2.97. The molecule has 1 atom stereocenters. The summed E-state index contributed by atoms with van der Waals surface area (Å²) in [6.07, 6.45) is 3.25. The van der Waals surface area contributed by atoms with Crippen LogP contribution in [-0.2, 0) is 4.79 Å². The van der Waals surface area contributed by atoms with Crippen LogP contribution in [0.2, 0.25) is 0 Å². The lowest BCUT2D eigenvalue weighted by Gasteiger charge is -2.02. The van der Waals surface area contributed by atoms with Gasteiger partial charge >= 0.3 is 5.97 Å². The first kappa shape index (κ1) is 9.51. The number of carboxylic acid groups (broad SMARTS) is 1. The van der Waals surface area contributed by atoms with Gasteiger partial charge in [-0.1, -0.05) is 6.92 Å². The normalized spacial score (nSPS) is 12.4. The number of ketones is 1. The van der Waals surface area contributed by atoms with Crippen LogP contribution in [0.5, 0.6) is 0 Å². The van der Waals surface area contributed by atoms with Gasteiger partial charge in [0.25, 0.3) is 0 Å². The van der Waals surface area contributed by atoms with Crippen LogP contribution in [0.4, 0.5) is 0 Å². The number of H-pyrrole nitrogens is 1. The van der Waals surface area contributed by atoms with Crippen molar-refractivity contribution in [3.8, 4) is 0 Å². The van der Waals surface area contributed by atoms with Gasteiger partial charge in [0.1, 0.15) is 0 Å². The van der Waals surface area contributed by atoms with Crippen molar-refractivity contribution in [2.24, 2.45) is 5.92 Å². The Morgan fingerprint density at radius 3 is 2.77 bits per heavy atom. The molecule has 1 aromatic rings. The summed E-state index contributed by atoms with van der Waals surface area (Å²) in [6, 6.07) is 1.64. The van der Waals surface area contributed by atoms with Crippen molar-refractivity contribution >= 4 is 11.8 Å². The van der Waals surface area contributed by atoms with Gasteiger partial charge in [0.05, 0.1) is 5.92 Å². The molecule has 2 N–H and O–H groups in total. The Morgan fingerprint density at radius 2 is 2.31 bits per heavy atom. The molecule has 0 saturated heterocycles. The summed E-state index contributed by atoms with van der Waals surface area (Å²) < 4.78 is 0. The van der Waals surface area contributed by atoms with E-state index in [0.717, 1.165) is 0 Å². The van der Waals surface area contributed by atoms with Crippen molar-refractivity contribution in [1.29, 1.82) is 0 Å². The van der Waals surface area contributed by atoms with Crippen molar-refractivity contribution in [3.05, 3.63) is 24.0 Å². The van der Waals surface area contributed by atoms with E-state index in [9.17, 15) is 9.59 Å². The standard InChI is InChI=1S/C9H11NO3/c1-6(9(12)13)4-8(11)7-2-3-10-5-7/h2-3,5-6,10H,4H2,1H3,(H,12,13). The first-order chi connectivity index (χ1) is 6.11. The molecule has 1 heterocycles. The van der Waals surface area contributed by atoms with Gasteiger partial charge in [-0.25, -0.2) is 0 Å². The van der Waals surface area contributed by atoms with Crippen LogP contribution in [0.15, 0.2) is 18.5 Å². The largest absolute Gasteiger partial charge is 0.481 e. The van der Waals surface area contributed by atoms with E-state index in [2.05, 4.69) is 4.98 Å². The number of aromatic nitrogens is 1. The Hall–Kier alpha value is -1.58. The maximum absolute atomic E-state index is 11.3.